The fraction of sp³-hybridized carbons (Fsp3) is 0. The van der Waals surface area contributed by atoms with E-state index in [1.165, 1.54) is 0 Å². The molecular weight excluding hydrogens is 724 g/mol. The van der Waals surface area contributed by atoms with Crippen LogP contribution in [0.5, 0.6) is 0 Å². The average molecular weight is 724 g/mol. The van der Waals surface area contributed by atoms with Crippen molar-refractivity contribution in [3.63, 3.8) is 0 Å². The van der Waals surface area contributed by atoms with E-state index in [0.717, 1.165) is 0 Å². The Hall–Kier alpha value is 3.48. The average Bonchev–Trinajstić information content (AvgIpc) is 1.78. The summed E-state index contributed by atoms with van der Waals surface area (Å²) in [6.07, 6.45) is 0. The van der Waals surface area contributed by atoms with E-state index >= 15 is 0 Å². The van der Waals surface area contributed by atoms with E-state index in [-0.39, 0.29) is 26.1 Å². The van der Waals surface area contributed by atoms with E-state index in [1.54, 1.807) is 0 Å². The maximum atomic E-state index is 8.44. The summed E-state index contributed by atoms with van der Waals surface area (Å²) in [5.74, 6) is 0. The maximum absolute atomic E-state index is 8.44. The Morgan fingerprint density at radius 2 is 1.14 bits per heavy atom. The molecule has 0 radical (unpaired) electrons. The molecule has 0 unspecified atom stereocenters. The monoisotopic (exact) mass is 727 g/mol. The Kier molecular flexibility index (Phi) is 81.7. The van der Waals surface area contributed by atoms with Gasteiger partial charge in [0.05, 0.1) is 0 Å². The van der Waals surface area contributed by atoms with Gasteiger partial charge in [-0.15, -0.1) is 0 Å². The van der Waals surface area contributed by atoms with Crippen LogP contribution in [0.25, 0.3) is 0 Å². The van der Waals surface area contributed by atoms with E-state index < -0.39 is 22.1 Å². The third-order valence-corrected chi connectivity index (χ3v) is 0. The summed E-state index contributed by atoms with van der Waals surface area (Å²) in [7, 11) is 14.8. The molecule has 0 aliphatic heterocycles. The van der Waals surface area contributed by atoms with Crippen molar-refractivity contribution in [2.24, 2.45) is 0 Å². The van der Waals surface area contributed by atoms with Crippen molar-refractivity contribution in [3.8, 4) is 0 Å². The molecule has 0 N–H and O–H groups in total. The Labute approximate surface area is 98.0 Å². The molecule has 0 aliphatic carbocycles. The Balaban J connectivity index is -0.0000000360. The van der Waals surface area contributed by atoms with Crippen molar-refractivity contribution in [1.82, 2.24) is 0 Å². The molecule has 0 bridgehead atoms. The molecule has 0 aromatic carbocycles. The number of hydrogen-bond acceptors (Lipinski definition) is 1. The van der Waals surface area contributed by atoms with Gasteiger partial charge in [0.2, 0.25) is 0 Å². The van der Waals surface area contributed by atoms with E-state index in [2.05, 4.69) is 0 Å². The first-order valence-corrected chi connectivity index (χ1v) is 23.6. The first-order valence-electron chi connectivity index (χ1n) is 1.09. The SMILES string of the molecule is [Cl][Hg].[Cl][Hg][Cl].[O]=[Hg]. The Morgan fingerprint density at radius 1 is 1.14 bits per heavy atom. The van der Waals surface area contributed by atoms with Crippen molar-refractivity contribution in [3.05, 3.63) is 0 Å². The summed E-state index contributed by atoms with van der Waals surface area (Å²) in [6, 6.07) is 0. The normalized spacial score (nSPS) is 3.29. The molecule has 1 nitrogen and oxygen atoms in total. The van der Waals surface area contributed by atoms with Crippen LogP contribution in [0.2, 0.25) is 0 Å². The van der Waals surface area contributed by atoms with Crippen LogP contribution in [-0.2, 0) is 75.8 Å². The number of halogens is 3. The van der Waals surface area contributed by atoms with Gasteiger partial charge in [-0.1, -0.05) is 0 Å². The third-order valence-electron chi connectivity index (χ3n) is 0. The van der Waals surface area contributed by atoms with Crippen LogP contribution >= 0.6 is 24.7 Å². The van der Waals surface area contributed by atoms with Crippen molar-refractivity contribution >= 4 is 24.7 Å². The first-order chi connectivity index (χ1) is 3.41. The molecular formula is Cl3Hg3O. The molecule has 0 amide bonds. The van der Waals surface area contributed by atoms with E-state index in [9.17, 15) is 0 Å². The van der Waals surface area contributed by atoms with Crippen molar-refractivity contribution in [2.75, 3.05) is 0 Å². The fourth-order valence-electron chi connectivity index (χ4n) is 0. The zero-order valence-corrected chi connectivity index (χ0v) is 22.4. The molecule has 0 atom stereocenters. The molecule has 0 aliphatic rings. The van der Waals surface area contributed by atoms with E-state index in [0.29, 0.717) is 24.9 Å². The van der Waals surface area contributed by atoms with Gasteiger partial charge in [0.15, 0.2) is 0 Å². The minimum atomic E-state index is -1.14. The van der Waals surface area contributed by atoms with Crippen LogP contribution in [0.1, 0.15) is 0 Å². The summed E-state index contributed by atoms with van der Waals surface area (Å²) in [4.78, 5) is 0. The van der Waals surface area contributed by atoms with E-state index in [4.69, 9.17) is 27.4 Å². The van der Waals surface area contributed by atoms with Gasteiger partial charge in [-0.3, -0.25) is 0 Å². The summed E-state index contributed by atoms with van der Waals surface area (Å²) in [5, 5.41) is 0. The molecule has 0 aromatic rings. The van der Waals surface area contributed by atoms with Crippen LogP contribution in [-0.4, -0.2) is 0 Å². The fourth-order valence-corrected chi connectivity index (χ4v) is 0. The molecule has 0 saturated carbocycles. The number of hydrogen-bond donors (Lipinski definition) is 0. The quantitative estimate of drug-likeness (QED) is 0.350. The van der Waals surface area contributed by atoms with Gasteiger partial charge in [-0.2, -0.15) is 0 Å². The predicted octanol–water partition coefficient (Wildman–Crippen LogP) is 1.94. The Morgan fingerprint density at radius 3 is 1.14 bits per heavy atom. The van der Waals surface area contributed by atoms with Gasteiger partial charge < -0.3 is 0 Å². The van der Waals surface area contributed by atoms with Gasteiger partial charge >= 0.3 is 101 Å². The second kappa shape index (κ2) is 34.0. The van der Waals surface area contributed by atoms with Gasteiger partial charge in [-0.05, 0) is 0 Å². The van der Waals surface area contributed by atoms with Gasteiger partial charge in [0, 0.05) is 0 Å². The third kappa shape index (κ3) is 43.8. The van der Waals surface area contributed by atoms with Crippen molar-refractivity contribution < 1.29 is 75.8 Å². The zero-order valence-electron chi connectivity index (χ0n) is 3.66. The Bertz CT molecular complexity index is 14.1. The van der Waals surface area contributed by atoms with E-state index in [1.807, 2.05) is 0 Å². The molecule has 0 heterocycles. The molecule has 33 valence electrons. The summed E-state index contributed by atoms with van der Waals surface area (Å²) in [6.45, 7) is 0. The molecule has 0 fully saturated rings. The molecule has 7 heavy (non-hydrogen) atoms. The van der Waals surface area contributed by atoms with Gasteiger partial charge in [0.1, 0.15) is 0 Å². The number of rotatable bonds is 0. The molecule has 0 saturated heterocycles. The summed E-state index contributed by atoms with van der Waals surface area (Å²) in [5.41, 5.74) is 0. The molecule has 0 aromatic heterocycles. The first kappa shape index (κ1) is 16.8. The van der Waals surface area contributed by atoms with Crippen LogP contribution < -0.4 is 0 Å². The van der Waals surface area contributed by atoms with Crippen LogP contribution in [0.3, 0.4) is 0 Å². The van der Waals surface area contributed by atoms with Crippen LogP contribution in [0, 0.1) is 0 Å². The minimum absolute atomic E-state index is 0.222. The summed E-state index contributed by atoms with van der Waals surface area (Å²) >= 11 is -0.861. The van der Waals surface area contributed by atoms with Crippen molar-refractivity contribution in [1.29, 1.82) is 0 Å². The standard InChI is InChI=1S/3ClH.3Hg.O/h3*1H;;;;/q;;;;+1;+2;/p-3. The van der Waals surface area contributed by atoms with Gasteiger partial charge in [0.25, 0.3) is 0 Å². The second-order valence-corrected chi connectivity index (χ2v) is 7.98. The summed E-state index contributed by atoms with van der Waals surface area (Å²) < 4.78 is 8.44. The van der Waals surface area contributed by atoms with Crippen molar-refractivity contribution in [2.45, 2.75) is 0 Å². The van der Waals surface area contributed by atoms with Crippen LogP contribution in [0.4, 0.5) is 0 Å². The van der Waals surface area contributed by atoms with Gasteiger partial charge in [-0.25, -0.2) is 0 Å². The molecule has 7 heteroatoms. The zero-order chi connectivity index (χ0) is 6.71. The molecule has 0 rings (SSSR count). The predicted molar refractivity (Wildman–Crippen MR) is 18.2 cm³/mol. The topological polar surface area (TPSA) is 17.1 Å². The second-order valence-electron chi connectivity index (χ2n) is 0.101. The molecule has 0 spiro atoms. The van der Waals surface area contributed by atoms with Crippen LogP contribution in [0.15, 0.2) is 0 Å².